The molecule has 4 atom stereocenters. The minimum atomic E-state index is -1.18. The summed E-state index contributed by atoms with van der Waals surface area (Å²) in [6.45, 7) is 3.66. The van der Waals surface area contributed by atoms with E-state index >= 15 is 0 Å². The number of rotatable bonds is 10. The fourth-order valence-electron chi connectivity index (χ4n) is 2.12. The summed E-state index contributed by atoms with van der Waals surface area (Å²) in [4.78, 5) is 42.6. The summed E-state index contributed by atoms with van der Waals surface area (Å²) in [6.07, 6.45) is 3.59. The van der Waals surface area contributed by atoms with Crippen molar-refractivity contribution in [2.75, 3.05) is 5.75 Å². The summed E-state index contributed by atoms with van der Waals surface area (Å²) in [6, 6.07) is -2.87. The monoisotopic (exact) mass is 371 g/mol. The number of carbonyl (C=O) groups excluding carboxylic acids is 2. The molecule has 0 bridgehead atoms. The van der Waals surface area contributed by atoms with E-state index in [0.717, 1.165) is 0 Å². The highest BCUT2D eigenvalue weighted by molar-refractivity contribution is 7.80. The summed E-state index contributed by atoms with van der Waals surface area (Å²) in [5, 5.41) is 14.4. The zero-order chi connectivity index (χ0) is 19.0. The number of aliphatic carboxylic acids is 1. The molecule has 2 amide bonds. The third kappa shape index (κ3) is 6.39. The van der Waals surface area contributed by atoms with E-state index in [2.05, 4.69) is 33.2 Å². The van der Waals surface area contributed by atoms with Crippen LogP contribution < -0.4 is 16.4 Å². The molecule has 25 heavy (non-hydrogen) atoms. The van der Waals surface area contributed by atoms with E-state index in [1.165, 1.54) is 12.5 Å². The minimum Gasteiger partial charge on any atom is -0.480 e. The predicted molar refractivity (Wildman–Crippen MR) is 95.1 cm³/mol. The van der Waals surface area contributed by atoms with Crippen LogP contribution in [-0.2, 0) is 20.8 Å². The van der Waals surface area contributed by atoms with Crippen LogP contribution in [-0.4, -0.2) is 56.7 Å². The number of carboxylic acids is 1. The van der Waals surface area contributed by atoms with Crippen molar-refractivity contribution in [2.45, 2.75) is 44.8 Å². The van der Waals surface area contributed by atoms with Crippen molar-refractivity contribution in [3.63, 3.8) is 0 Å². The maximum atomic E-state index is 12.6. The number of aromatic amines is 1. The summed E-state index contributed by atoms with van der Waals surface area (Å²) < 4.78 is 0. The number of thiol groups is 1. The summed E-state index contributed by atoms with van der Waals surface area (Å²) in [7, 11) is 0. The molecule has 1 aromatic rings. The normalized spacial score (nSPS) is 15.7. The van der Waals surface area contributed by atoms with Crippen LogP contribution in [0.5, 0.6) is 0 Å². The number of nitrogens with two attached hydrogens (primary N) is 1. The molecule has 6 N–H and O–H groups in total. The van der Waals surface area contributed by atoms with E-state index in [9.17, 15) is 19.5 Å². The first-order chi connectivity index (χ1) is 11.8. The van der Waals surface area contributed by atoms with Crippen molar-refractivity contribution in [1.29, 1.82) is 0 Å². The molecule has 1 rings (SSSR count). The fourth-order valence-corrected chi connectivity index (χ4v) is 2.29. The van der Waals surface area contributed by atoms with Crippen molar-refractivity contribution >= 4 is 30.4 Å². The Balaban J connectivity index is 2.83. The van der Waals surface area contributed by atoms with Gasteiger partial charge in [-0.25, -0.2) is 9.78 Å². The number of carbonyl (C=O) groups is 3. The van der Waals surface area contributed by atoms with Crippen molar-refractivity contribution in [2.24, 2.45) is 11.7 Å². The summed E-state index contributed by atoms with van der Waals surface area (Å²) in [5.41, 5.74) is 6.20. The molecule has 140 valence electrons. The zero-order valence-corrected chi connectivity index (χ0v) is 15.1. The van der Waals surface area contributed by atoms with Crippen molar-refractivity contribution in [3.05, 3.63) is 18.2 Å². The second kappa shape index (κ2) is 10.0. The van der Waals surface area contributed by atoms with Crippen LogP contribution >= 0.6 is 12.6 Å². The van der Waals surface area contributed by atoms with Crippen LogP contribution in [0.4, 0.5) is 0 Å². The molecule has 9 nitrogen and oxygen atoms in total. The van der Waals surface area contributed by atoms with Gasteiger partial charge in [-0.2, -0.15) is 12.6 Å². The van der Waals surface area contributed by atoms with Crippen LogP contribution in [0, 0.1) is 5.92 Å². The Morgan fingerprint density at radius 1 is 1.36 bits per heavy atom. The number of amides is 2. The van der Waals surface area contributed by atoms with Gasteiger partial charge in [0, 0.05) is 24.1 Å². The fraction of sp³-hybridized carbons (Fsp3) is 0.600. The molecule has 0 unspecified atom stereocenters. The van der Waals surface area contributed by atoms with Gasteiger partial charge < -0.3 is 26.5 Å². The van der Waals surface area contributed by atoms with Gasteiger partial charge in [0.25, 0.3) is 0 Å². The highest BCUT2D eigenvalue weighted by Crippen LogP contribution is 2.09. The molecule has 0 spiro atoms. The Bertz CT molecular complexity index is 580. The van der Waals surface area contributed by atoms with Crippen molar-refractivity contribution in [1.82, 2.24) is 20.6 Å². The highest BCUT2D eigenvalue weighted by atomic mass is 32.1. The van der Waals surface area contributed by atoms with Crippen molar-refractivity contribution < 1.29 is 19.5 Å². The maximum Gasteiger partial charge on any atom is 0.326 e. The number of nitrogens with zero attached hydrogens (tertiary/aromatic N) is 1. The Labute approximate surface area is 151 Å². The smallest absolute Gasteiger partial charge is 0.326 e. The average molecular weight is 371 g/mol. The number of hydrogen-bond donors (Lipinski definition) is 6. The molecule has 1 heterocycles. The summed E-state index contributed by atoms with van der Waals surface area (Å²) in [5.74, 6) is -2.31. The first kappa shape index (κ1) is 21.0. The Morgan fingerprint density at radius 3 is 2.52 bits per heavy atom. The van der Waals surface area contributed by atoms with E-state index < -0.39 is 35.9 Å². The van der Waals surface area contributed by atoms with E-state index in [1.807, 2.05) is 6.92 Å². The van der Waals surface area contributed by atoms with E-state index in [1.54, 1.807) is 6.92 Å². The number of H-pyrrole nitrogens is 1. The standard InChI is InChI=1S/C15H25N5O4S/c1-3-8(2)12(20-13(21)10(16)6-25)14(22)19-11(15(23)24)4-9-5-17-7-18-9/h5,7-8,10-12,25H,3-4,6,16H2,1-2H3,(H,17,18)(H,19,22)(H,20,21)(H,23,24)/t8-,10-,11-,12-/m0/s1. The second-order valence-electron chi connectivity index (χ2n) is 5.84. The Kier molecular flexibility index (Phi) is 8.42. The molecule has 0 saturated heterocycles. The predicted octanol–water partition coefficient (Wildman–Crippen LogP) is -0.690. The Morgan fingerprint density at radius 2 is 2.04 bits per heavy atom. The highest BCUT2D eigenvalue weighted by Gasteiger charge is 2.31. The Hall–Kier alpha value is -2.07. The van der Waals surface area contributed by atoms with Gasteiger partial charge in [-0.05, 0) is 5.92 Å². The average Bonchev–Trinajstić information content (AvgIpc) is 3.10. The van der Waals surface area contributed by atoms with Gasteiger partial charge in [-0.1, -0.05) is 20.3 Å². The third-order valence-electron chi connectivity index (χ3n) is 3.92. The van der Waals surface area contributed by atoms with Gasteiger partial charge in [-0.15, -0.1) is 0 Å². The number of hydrogen-bond acceptors (Lipinski definition) is 6. The van der Waals surface area contributed by atoms with Gasteiger partial charge in [0.05, 0.1) is 12.4 Å². The minimum absolute atomic E-state index is 0.0540. The lowest BCUT2D eigenvalue weighted by molar-refractivity contribution is -0.142. The molecule has 0 aliphatic rings. The van der Waals surface area contributed by atoms with Crippen LogP contribution in [0.3, 0.4) is 0 Å². The number of imidazole rings is 1. The van der Waals surface area contributed by atoms with E-state index in [-0.39, 0.29) is 18.1 Å². The van der Waals surface area contributed by atoms with Gasteiger partial charge in [0.1, 0.15) is 12.1 Å². The van der Waals surface area contributed by atoms with E-state index in [0.29, 0.717) is 12.1 Å². The van der Waals surface area contributed by atoms with E-state index in [4.69, 9.17) is 5.73 Å². The van der Waals surface area contributed by atoms with Crippen molar-refractivity contribution in [3.8, 4) is 0 Å². The lowest BCUT2D eigenvalue weighted by Crippen LogP contribution is -2.57. The van der Waals surface area contributed by atoms with Gasteiger partial charge in [0.15, 0.2) is 0 Å². The molecule has 0 aromatic carbocycles. The maximum absolute atomic E-state index is 12.6. The molecule has 0 radical (unpaired) electrons. The van der Waals surface area contributed by atoms with Gasteiger partial charge in [0.2, 0.25) is 11.8 Å². The topological polar surface area (TPSA) is 150 Å². The lowest BCUT2D eigenvalue weighted by Gasteiger charge is -2.26. The van der Waals surface area contributed by atoms with Crippen LogP contribution in [0.15, 0.2) is 12.5 Å². The molecule has 0 fully saturated rings. The zero-order valence-electron chi connectivity index (χ0n) is 14.2. The van der Waals surface area contributed by atoms with Gasteiger partial charge >= 0.3 is 5.97 Å². The quantitative estimate of drug-likeness (QED) is 0.300. The van der Waals surface area contributed by atoms with Crippen LogP contribution in [0.25, 0.3) is 0 Å². The van der Waals surface area contributed by atoms with Gasteiger partial charge in [-0.3, -0.25) is 9.59 Å². The SMILES string of the molecule is CC[C@H](C)[C@H](NC(=O)[C@@H](N)CS)C(=O)N[C@@H](Cc1cnc[nH]1)C(=O)O. The van der Waals surface area contributed by atoms with Crippen LogP contribution in [0.1, 0.15) is 26.0 Å². The molecule has 10 heteroatoms. The number of nitrogens with one attached hydrogen (secondary N) is 3. The number of aromatic nitrogens is 2. The first-order valence-electron chi connectivity index (χ1n) is 7.97. The molecule has 0 aliphatic heterocycles. The summed E-state index contributed by atoms with van der Waals surface area (Å²) >= 11 is 3.96. The largest absolute Gasteiger partial charge is 0.480 e. The molecular formula is C15H25N5O4S. The third-order valence-corrected chi connectivity index (χ3v) is 4.31. The molecule has 0 saturated carbocycles. The number of carboxylic acid groups (broad SMARTS) is 1. The molecule has 0 aliphatic carbocycles. The van der Waals surface area contributed by atoms with Crippen LogP contribution in [0.2, 0.25) is 0 Å². The second-order valence-corrected chi connectivity index (χ2v) is 6.21. The molecular weight excluding hydrogens is 346 g/mol. The lowest BCUT2D eigenvalue weighted by atomic mass is 9.97. The molecule has 1 aromatic heterocycles. The first-order valence-corrected chi connectivity index (χ1v) is 8.60.